The van der Waals surface area contributed by atoms with Crippen molar-refractivity contribution in [2.75, 3.05) is 0 Å². The van der Waals surface area contributed by atoms with E-state index < -0.39 is 11.5 Å². The van der Waals surface area contributed by atoms with E-state index in [1.165, 1.54) is 19.2 Å². The summed E-state index contributed by atoms with van der Waals surface area (Å²) in [6.07, 6.45) is 1.32. The van der Waals surface area contributed by atoms with Gasteiger partial charge in [-0.1, -0.05) is 23.2 Å². The van der Waals surface area contributed by atoms with Crippen LogP contribution >= 0.6 is 23.2 Å². The molecule has 1 aromatic heterocycles. The lowest BCUT2D eigenvalue weighted by atomic mass is 9.95. The molecule has 0 aliphatic carbocycles. The normalized spacial score (nSPS) is 14.9. The average molecular weight is 235 g/mol. The van der Waals surface area contributed by atoms with E-state index in [9.17, 15) is 4.79 Å². The van der Waals surface area contributed by atoms with Crippen molar-refractivity contribution in [2.45, 2.75) is 12.5 Å². The summed E-state index contributed by atoms with van der Waals surface area (Å²) in [4.78, 5) is 14.5. The molecule has 0 fully saturated rings. The summed E-state index contributed by atoms with van der Waals surface area (Å²) in [7, 11) is 0. The van der Waals surface area contributed by atoms with Gasteiger partial charge in [0.15, 0.2) is 0 Å². The van der Waals surface area contributed by atoms with E-state index in [0.717, 1.165) is 0 Å². The first kappa shape index (κ1) is 11.2. The number of carboxylic acids is 1. The van der Waals surface area contributed by atoms with E-state index >= 15 is 0 Å². The van der Waals surface area contributed by atoms with E-state index in [-0.39, 0.29) is 10.7 Å². The Labute approximate surface area is 90.6 Å². The second kappa shape index (κ2) is 3.73. The zero-order chi connectivity index (χ0) is 10.9. The molecule has 1 heterocycles. The van der Waals surface area contributed by atoms with Crippen LogP contribution in [0.2, 0.25) is 10.2 Å². The number of halogens is 2. The molecule has 1 rings (SSSR count). The molecule has 0 saturated carbocycles. The van der Waals surface area contributed by atoms with Crippen molar-refractivity contribution in [2.24, 2.45) is 5.73 Å². The highest BCUT2D eigenvalue weighted by molar-refractivity contribution is 6.32. The molecule has 0 unspecified atom stereocenters. The molecule has 1 atom stereocenters. The molecule has 0 spiro atoms. The van der Waals surface area contributed by atoms with E-state index in [2.05, 4.69) is 4.98 Å². The molecule has 0 saturated heterocycles. The zero-order valence-electron chi connectivity index (χ0n) is 7.29. The van der Waals surface area contributed by atoms with Gasteiger partial charge in [0, 0.05) is 11.8 Å². The summed E-state index contributed by atoms with van der Waals surface area (Å²) in [5.74, 6) is -1.19. The van der Waals surface area contributed by atoms with Crippen molar-refractivity contribution < 1.29 is 9.90 Å². The number of nitrogens with zero attached hydrogens (tertiary/aromatic N) is 1. The number of aromatic nitrogens is 1. The van der Waals surface area contributed by atoms with Gasteiger partial charge in [-0.15, -0.1) is 0 Å². The summed E-state index contributed by atoms with van der Waals surface area (Å²) in [5, 5.41) is 9.19. The first-order valence-corrected chi connectivity index (χ1v) is 4.45. The van der Waals surface area contributed by atoms with Gasteiger partial charge in [-0.2, -0.15) is 0 Å². The Morgan fingerprint density at radius 3 is 2.71 bits per heavy atom. The number of pyridine rings is 1. The van der Waals surface area contributed by atoms with Crippen molar-refractivity contribution in [1.29, 1.82) is 0 Å². The molecule has 0 amide bonds. The second-order valence-electron chi connectivity index (χ2n) is 3.00. The summed E-state index contributed by atoms with van der Waals surface area (Å²) in [6.45, 7) is 1.33. The quantitative estimate of drug-likeness (QED) is 0.764. The van der Waals surface area contributed by atoms with Crippen molar-refractivity contribution in [1.82, 2.24) is 4.98 Å². The fourth-order valence-corrected chi connectivity index (χ4v) is 1.36. The number of carboxylic acid groups (broad SMARTS) is 1. The molecule has 6 heteroatoms. The molecular weight excluding hydrogens is 227 g/mol. The van der Waals surface area contributed by atoms with Crippen molar-refractivity contribution in [3.8, 4) is 0 Å². The first-order valence-electron chi connectivity index (χ1n) is 3.69. The maximum Gasteiger partial charge on any atom is 0.328 e. The predicted octanol–water partition coefficient (Wildman–Crippen LogP) is 1.65. The molecular formula is C8H8Cl2N2O2. The van der Waals surface area contributed by atoms with Gasteiger partial charge in [0.2, 0.25) is 0 Å². The van der Waals surface area contributed by atoms with E-state index in [1.54, 1.807) is 0 Å². The molecule has 1 aromatic rings. The van der Waals surface area contributed by atoms with E-state index in [4.69, 9.17) is 34.0 Å². The minimum absolute atomic E-state index is 0.0433. The van der Waals surface area contributed by atoms with Crippen LogP contribution in [-0.2, 0) is 10.3 Å². The van der Waals surface area contributed by atoms with Crippen LogP contribution in [0, 0.1) is 0 Å². The maximum atomic E-state index is 10.8. The predicted molar refractivity (Wildman–Crippen MR) is 53.4 cm³/mol. The highest BCUT2D eigenvalue weighted by Crippen LogP contribution is 2.26. The molecule has 4 nitrogen and oxygen atoms in total. The number of hydrogen-bond acceptors (Lipinski definition) is 3. The second-order valence-corrected chi connectivity index (χ2v) is 3.79. The number of hydrogen-bond donors (Lipinski definition) is 2. The molecule has 3 N–H and O–H groups in total. The third-order valence-corrected chi connectivity index (χ3v) is 2.32. The molecule has 0 aromatic carbocycles. The minimum Gasteiger partial charge on any atom is -0.480 e. The summed E-state index contributed by atoms with van der Waals surface area (Å²) in [6, 6.07) is 1.39. The van der Waals surface area contributed by atoms with Crippen LogP contribution in [0.4, 0.5) is 0 Å². The van der Waals surface area contributed by atoms with Crippen molar-refractivity contribution in [3.05, 3.63) is 28.0 Å². The number of nitrogens with two attached hydrogens (primary N) is 1. The zero-order valence-corrected chi connectivity index (χ0v) is 8.80. The number of rotatable bonds is 2. The molecule has 14 heavy (non-hydrogen) atoms. The molecule has 0 aliphatic heterocycles. The monoisotopic (exact) mass is 234 g/mol. The molecule has 0 bridgehead atoms. The van der Waals surface area contributed by atoms with Gasteiger partial charge in [0.1, 0.15) is 10.7 Å². The summed E-state index contributed by atoms with van der Waals surface area (Å²) < 4.78 is 0. The van der Waals surface area contributed by atoms with Gasteiger partial charge in [-0.3, -0.25) is 0 Å². The van der Waals surface area contributed by atoms with Crippen LogP contribution in [0.3, 0.4) is 0 Å². The van der Waals surface area contributed by atoms with Crippen molar-refractivity contribution >= 4 is 29.2 Å². The van der Waals surface area contributed by atoms with Gasteiger partial charge < -0.3 is 10.8 Å². The van der Waals surface area contributed by atoms with Gasteiger partial charge in [-0.25, -0.2) is 9.78 Å². The molecule has 0 aliphatic rings. The van der Waals surface area contributed by atoms with Gasteiger partial charge in [0.25, 0.3) is 0 Å². The van der Waals surface area contributed by atoms with Gasteiger partial charge in [0.05, 0.1) is 5.02 Å². The Morgan fingerprint density at radius 2 is 2.21 bits per heavy atom. The van der Waals surface area contributed by atoms with Crippen LogP contribution in [0.5, 0.6) is 0 Å². The number of aliphatic carboxylic acids is 1. The lowest BCUT2D eigenvalue weighted by molar-refractivity contribution is -0.143. The van der Waals surface area contributed by atoms with E-state index in [0.29, 0.717) is 5.02 Å². The first-order chi connectivity index (χ1) is 6.35. The fraction of sp³-hybridized carbons (Fsp3) is 0.250. The average Bonchev–Trinajstić information content (AvgIpc) is 2.08. The third-order valence-electron chi connectivity index (χ3n) is 1.81. The highest BCUT2D eigenvalue weighted by atomic mass is 35.5. The smallest absolute Gasteiger partial charge is 0.328 e. The van der Waals surface area contributed by atoms with Crippen LogP contribution in [0.1, 0.15) is 12.5 Å². The minimum atomic E-state index is -1.59. The molecule has 0 radical (unpaired) electrons. The highest BCUT2D eigenvalue weighted by Gasteiger charge is 2.33. The van der Waals surface area contributed by atoms with Gasteiger partial charge >= 0.3 is 5.97 Å². The number of carbonyl (C=O) groups is 1. The third kappa shape index (κ3) is 1.97. The van der Waals surface area contributed by atoms with Gasteiger partial charge in [-0.05, 0) is 13.0 Å². The Balaban J connectivity index is 3.31. The van der Waals surface area contributed by atoms with Crippen LogP contribution in [0.15, 0.2) is 12.3 Å². The summed E-state index contributed by atoms with van der Waals surface area (Å²) in [5.41, 5.74) is 4.17. The largest absolute Gasteiger partial charge is 0.480 e. The Bertz CT molecular complexity index is 380. The lowest BCUT2D eigenvalue weighted by Gasteiger charge is -2.20. The maximum absolute atomic E-state index is 10.8. The molecule has 76 valence electrons. The standard InChI is InChI=1S/C8H8Cl2N2O2/c1-8(11,7(13)14)5-2-4(9)3-12-6(5)10/h2-3H,11H2,1H3,(H,13,14)/t8-/m1/s1. The van der Waals surface area contributed by atoms with Crippen LogP contribution < -0.4 is 5.73 Å². The lowest BCUT2D eigenvalue weighted by Crippen LogP contribution is -2.42. The van der Waals surface area contributed by atoms with Crippen LogP contribution in [-0.4, -0.2) is 16.1 Å². The van der Waals surface area contributed by atoms with E-state index in [1.807, 2.05) is 0 Å². The van der Waals surface area contributed by atoms with Crippen LogP contribution in [0.25, 0.3) is 0 Å². The Hall–Kier alpha value is -0.840. The van der Waals surface area contributed by atoms with Crippen molar-refractivity contribution in [3.63, 3.8) is 0 Å². The SMILES string of the molecule is C[C@](N)(C(=O)O)c1cc(Cl)cnc1Cl. The Kier molecular flexibility index (Phi) is 2.99. The Morgan fingerprint density at radius 1 is 1.64 bits per heavy atom. The topological polar surface area (TPSA) is 76.2 Å². The fourth-order valence-electron chi connectivity index (χ4n) is 0.902. The summed E-state index contributed by atoms with van der Waals surface area (Å²) >= 11 is 11.4.